The lowest BCUT2D eigenvalue weighted by atomic mass is 10.1. The van der Waals surface area contributed by atoms with Crippen LogP contribution in [0, 0.1) is 0 Å². The van der Waals surface area contributed by atoms with Crippen molar-refractivity contribution in [3.8, 4) is 0 Å². The number of carbonyl (C=O) groups excluding carboxylic acids is 1. The van der Waals surface area contributed by atoms with Crippen molar-refractivity contribution in [1.29, 1.82) is 0 Å². The summed E-state index contributed by atoms with van der Waals surface area (Å²) in [7, 11) is 0. The van der Waals surface area contributed by atoms with Crippen molar-refractivity contribution in [2.45, 2.75) is 6.10 Å². The lowest BCUT2D eigenvalue weighted by Crippen LogP contribution is -2.47. The molecule has 1 fully saturated rings. The van der Waals surface area contributed by atoms with E-state index in [1.165, 1.54) is 0 Å². The van der Waals surface area contributed by atoms with Crippen molar-refractivity contribution < 1.29 is 14.6 Å². The predicted octanol–water partition coefficient (Wildman–Crippen LogP) is 0.650. The average Bonchev–Trinajstić information content (AvgIpc) is 2.54. The summed E-state index contributed by atoms with van der Waals surface area (Å²) in [5, 5.41) is 9.99. The minimum absolute atomic E-state index is 0.100. The van der Waals surface area contributed by atoms with Gasteiger partial charge in [0.15, 0.2) is 0 Å². The molecule has 2 aromatic rings. The fourth-order valence-electron chi connectivity index (χ4n) is 2.49. The number of ether oxygens (including phenoxy) is 1. The number of nitrogen functional groups attached to an aromatic ring is 1. The SMILES string of the molecule is Nc1cc(C(=O)N2CCOC(CO)C2)nc2ccccc12. The maximum absolute atomic E-state index is 12.5. The summed E-state index contributed by atoms with van der Waals surface area (Å²) in [6, 6.07) is 9.06. The van der Waals surface area contributed by atoms with Gasteiger partial charge in [-0.15, -0.1) is 0 Å². The van der Waals surface area contributed by atoms with Crippen LogP contribution in [0.1, 0.15) is 10.5 Å². The third kappa shape index (κ3) is 2.68. The minimum Gasteiger partial charge on any atom is -0.398 e. The van der Waals surface area contributed by atoms with Gasteiger partial charge in [-0.05, 0) is 12.1 Å². The van der Waals surface area contributed by atoms with E-state index in [1.807, 2.05) is 24.3 Å². The Kier molecular flexibility index (Phi) is 3.72. The number of aliphatic hydroxyl groups is 1. The molecule has 1 saturated heterocycles. The van der Waals surface area contributed by atoms with E-state index in [1.54, 1.807) is 11.0 Å². The summed E-state index contributed by atoms with van der Waals surface area (Å²) in [6.07, 6.45) is -0.333. The van der Waals surface area contributed by atoms with Crippen LogP contribution in [0.25, 0.3) is 10.9 Å². The molecule has 3 N–H and O–H groups in total. The number of anilines is 1. The molecule has 3 rings (SSSR count). The number of amides is 1. The molecule has 0 radical (unpaired) electrons. The molecular formula is C15H17N3O3. The van der Waals surface area contributed by atoms with Gasteiger partial charge < -0.3 is 20.5 Å². The summed E-state index contributed by atoms with van der Waals surface area (Å²) in [5.41, 5.74) is 7.57. The zero-order valence-electron chi connectivity index (χ0n) is 11.5. The van der Waals surface area contributed by atoms with E-state index < -0.39 is 0 Å². The zero-order chi connectivity index (χ0) is 14.8. The molecule has 1 amide bonds. The number of carbonyl (C=O) groups is 1. The molecule has 2 heterocycles. The first-order valence-corrected chi connectivity index (χ1v) is 6.86. The lowest BCUT2D eigenvalue weighted by Gasteiger charge is -2.31. The van der Waals surface area contributed by atoms with E-state index in [0.717, 1.165) is 5.39 Å². The number of hydrogen-bond donors (Lipinski definition) is 2. The number of benzene rings is 1. The quantitative estimate of drug-likeness (QED) is 0.846. The average molecular weight is 287 g/mol. The second-order valence-corrected chi connectivity index (χ2v) is 5.04. The van der Waals surface area contributed by atoms with Crippen LogP contribution in [0.15, 0.2) is 30.3 Å². The normalized spacial score (nSPS) is 18.9. The van der Waals surface area contributed by atoms with E-state index in [9.17, 15) is 4.79 Å². The van der Waals surface area contributed by atoms with Crippen molar-refractivity contribution in [2.24, 2.45) is 0 Å². The van der Waals surface area contributed by atoms with Gasteiger partial charge in [-0.2, -0.15) is 0 Å². The van der Waals surface area contributed by atoms with Crippen molar-refractivity contribution >= 4 is 22.5 Å². The van der Waals surface area contributed by atoms with Crippen LogP contribution in [-0.4, -0.2) is 53.3 Å². The number of aliphatic hydroxyl groups excluding tert-OH is 1. The summed E-state index contributed by atoms with van der Waals surface area (Å²) in [6.45, 7) is 1.17. The third-order valence-corrected chi connectivity index (χ3v) is 3.60. The highest BCUT2D eigenvalue weighted by Crippen LogP contribution is 2.21. The molecule has 0 aliphatic carbocycles. The molecule has 1 aromatic heterocycles. The van der Waals surface area contributed by atoms with E-state index in [0.29, 0.717) is 36.6 Å². The Labute approximate surface area is 122 Å². The fraction of sp³-hybridized carbons (Fsp3) is 0.333. The molecule has 6 heteroatoms. The molecule has 1 unspecified atom stereocenters. The van der Waals surface area contributed by atoms with Crippen molar-refractivity contribution in [1.82, 2.24) is 9.88 Å². The second kappa shape index (κ2) is 5.67. The topological polar surface area (TPSA) is 88.7 Å². The van der Waals surface area contributed by atoms with Gasteiger partial charge in [-0.3, -0.25) is 4.79 Å². The molecule has 110 valence electrons. The van der Waals surface area contributed by atoms with E-state index in [2.05, 4.69) is 4.98 Å². The summed E-state index contributed by atoms with van der Waals surface area (Å²) in [5.74, 6) is -0.186. The molecule has 0 bridgehead atoms. The first-order chi connectivity index (χ1) is 10.2. The van der Waals surface area contributed by atoms with Crippen LogP contribution < -0.4 is 5.73 Å². The van der Waals surface area contributed by atoms with E-state index >= 15 is 0 Å². The van der Waals surface area contributed by atoms with Crippen LogP contribution in [0.2, 0.25) is 0 Å². The van der Waals surface area contributed by atoms with Gasteiger partial charge in [0.1, 0.15) is 5.69 Å². The highest BCUT2D eigenvalue weighted by atomic mass is 16.5. The van der Waals surface area contributed by atoms with E-state index in [-0.39, 0.29) is 18.6 Å². The monoisotopic (exact) mass is 287 g/mol. The number of rotatable bonds is 2. The molecule has 1 atom stereocenters. The van der Waals surface area contributed by atoms with Crippen molar-refractivity contribution in [3.05, 3.63) is 36.0 Å². The molecule has 6 nitrogen and oxygen atoms in total. The summed E-state index contributed by atoms with van der Waals surface area (Å²) < 4.78 is 5.35. The number of hydrogen-bond acceptors (Lipinski definition) is 5. The van der Waals surface area contributed by atoms with Gasteiger partial charge in [-0.25, -0.2) is 4.98 Å². The Morgan fingerprint density at radius 1 is 1.48 bits per heavy atom. The van der Waals surface area contributed by atoms with Crippen LogP contribution >= 0.6 is 0 Å². The number of pyridine rings is 1. The van der Waals surface area contributed by atoms with Gasteiger partial charge in [0.05, 0.1) is 24.8 Å². The number of nitrogens with zero attached hydrogens (tertiary/aromatic N) is 2. The van der Waals surface area contributed by atoms with E-state index in [4.69, 9.17) is 15.6 Å². The first kappa shape index (κ1) is 13.8. The molecule has 21 heavy (non-hydrogen) atoms. The molecule has 0 spiro atoms. The Morgan fingerprint density at radius 3 is 3.10 bits per heavy atom. The largest absolute Gasteiger partial charge is 0.398 e. The molecule has 1 aliphatic heterocycles. The Bertz CT molecular complexity index is 674. The highest BCUT2D eigenvalue weighted by Gasteiger charge is 2.25. The Morgan fingerprint density at radius 2 is 2.29 bits per heavy atom. The lowest BCUT2D eigenvalue weighted by molar-refractivity contribution is -0.0448. The number of nitrogens with two attached hydrogens (primary N) is 1. The third-order valence-electron chi connectivity index (χ3n) is 3.60. The molecule has 0 saturated carbocycles. The smallest absolute Gasteiger partial charge is 0.272 e. The second-order valence-electron chi connectivity index (χ2n) is 5.04. The molecule has 1 aromatic carbocycles. The van der Waals surface area contributed by atoms with Crippen LogP contribution in [-0.2, 0) is 4.74 Å². The number of fused-ring (bicyclic) bond motifs is 1. The van der Waals surface area contributed by atoms with Crippen LogP contribution in [0.5, 0.6) is 0 Å². The first-order valence-electron chi connectivity index (χ1n) is 6.86. The Balaban J connectivity index is 1.91. The molecular weight excluding hydrogens is 270 g/mol. The van der Waals surface area contributed by atoms with Gasteiger partial charge in [0.2, 0.25) is 0 Å². The standard InChI is InChI=1S/C15H17N3O3/c16-12-7-14(17-13-4-2-1-3-11(12)13)15(20)18-5-6-21-10(8-18)9-19/h1-4,7,10,19H,5-6,8-9H2,(H2,16,17). The fourth-order valence-corrected chi connectivity index (χ4v) is 2.49. The predicted molar refractivity (Wildman–Crippen MR) is 78.9 cm³/mol. The summed E-state index contributed by atoms with van der Waals surface area (Å²) in [4.78, 5) is 18.6. The Hall–Kier alpha value is -2.18. The van der Waals surface area contributed by atoms with Gasteiger partial charge in [0, 0.05) is 24.2 Å². The maximum atomic E-state index is 12.5. The van der Waals surface area contributed by atoms with Crippen LogP contribution in [0.4, 0.5) is 5.69 Å². The van der Waals surface area contributed by atoms with Crippen molar-refractivity contribution in [3.63, 3.8) is 0 Å². The van der Waals surface area contributed by atoms with Gasteiger partial charge in [0.25, 0.3) is 5.91 Å². The van der Waals surface area contributed by atoms with Gasteiger partial charge in [-0.1, -0.05) is 18.2 Å². The highest BCUT2D eigenvalue weighted by molar-refractivity contribution is 5.99. The zero-order valence-corrected chi connectivity index (χ0v) is 11.5. The number of aromatic nitrogens is 1. The van der Waals surface area contributed by atoms with Gasteiger partial charge >= 0.3 is 0 Å². The molecule has 1 aliphatic rings. The minimum atomic E-state index is -0.333. The van der Waals surface area contributed by atoms with Crippen molar-refractivity contribution in [2.75, 3.05) is 32.0 Å². The number of morpholine rings is 1. The number of para-hydroxylation sites is 1. The maximum Gasteiger partial charge on any atom is 0.272 e. The summed E-state index contributed by atoms with van der Waals surface area (Å²) >= 11 is 0. The van der Waals surface area contributed by atoms with Crippen LogP contribution in [0.3, 0.4) is 0 Å².